The molecule has 6 heteroatoms. The van der Waals surface area contributed by atoms with Crippen molar-refractivity contribution in [3.05, 3.63) is 29.3 Å². The maximum atomic E-state index is 13.2. The van der Waals surface area contributed by atoms with Gasteiger partial charge in [0.2, 0.25) is 17.7 Å². The second kappa shape index (κ2) is 5.91. The Bertz CT molecular complexity index is 805. The average molecular weight is 355 g/mol. The third kappa shape index (κ3) is 1.99. The molecule has 138 valence electrons. The minimum atomic E-state index is -1.14. The number of rotatable bonds is 4. The molecule has 3 amide bonds. The molecule has 4 rings (SSSR count). The van der Waals surface area contributed by atoms with Crippen LogP contribution < -0.4 is 10.6 Å². The molecule has 1 aromatic rings. The monoisotopic (exact) mass is 355 g/mol. The number of amides is 3. The number of nitrogens with one attached hydrogen (secondary N) is 2. The molecule has 3 aliphatic rings. The Balaban J connectivity index is 1.83. The molecule has 4 atom stereocenters. The van der Waals surface area contributed by atoms with E-state index in [0.717, 1.165) is 36.1 Å². The molecule has 0 unspecified atom stereocenters. The van der Waals surface area contributed by atoms with E-state index < -0.39 is 17.4 Å². The maximum absolute atomic E-state index is 13.2. The third-order valence-corrected chi connectivity index (χ3v) is 6.19. The van der Waals surface area contributed by atoms with Crippen LogP contribution in [-0.2, 0) is 26.3 Å². The van der Waals surface area contributed by atoms with Crippen molar-refractivity contribution in [1.82, 2.24) is 10.2 Å². The first-order valence-corrected chi connectivity index (χ1v) is 9.54. The van der Waals surface area contributed by atoms with Crippen LogP contribution in [0.3, 0.4) is 0 Å². The van der Waals surface area contributed by atoms with E-state index in [2.05, 4.69) is 10.6 Å². The van der Waals surface area contributed by atoms with Gasteiger partial charge in [-0.3, -0.25) is 24.6 Å². The Morgan fingerprint density at radius 1 is 1.15 bits per heavy atom. The summed E-state index contributed by atoms with van der Waals surface area (Å²) in [5.74, 6) is -1.73. The Morgan fingerprint density at radius 3 is 2.62 bits per heavy atom. The zero-order chi connectivity index (χ0) is 18.6. The topological polar surface area (TPSA) is 78.5 Å². The summed E-state index contributed by atoms with van der Waals surface area (Å²) in [4.78, 5) is 40.6. The minimum Gasteiger partial charge on any atom is -0.324 e. The summed E-state index contributed by atoms with van der Waals surface area (Å²) in [6, 6.07) is 5.59. The van der Waals surface area contributed by atoms with Gasteiger partial charge in [-0.05, 0) is 25.3 Å². The molecule has 0 aromatic heterocycles. The molecular formula is C20H25N3O3. The smallest absolute Gasteiger partial charge is 0.250 e. The van der Waals surface area contributed by atoms with Gasteiger partial charge in [0.25, 0.3) is 0 Å². The summed E-state index contributed by atoms with van der Waals surface area (Å²) in [5, 5.41) is 6.34. The Morgan fingerprint density at radius 2 is 1.92 bits per heavy atom. The average Bonchev–Trinajstić information content (AvgIpc) is 3.18. The van der Waals surface area contributed by atoms with Crippen molar-refractivity contribution in [2.45, 2.75) is 51.6 Å². The van der Waals surface area contributed by atoms with Crippen molar-refractivity contribution in [2.24, 2.45) is 11.8 Å². The van der Waals surface area contributed by atoms with Gasteiger partial charge in [-0.1, -0.05) is 38.5 Å². The van der Waals surface area contributed by atoms with Crippen molar-refractivity contribution in [3.63, 3.8) is 0 Å². The lowest BCUT2D eigenvalue weighted by molar-refractivity contribution is -0.142. The standard InChI is InChI=1S/C20H25N3O3/c1-4-6-10-23-17(24)14-11(3)22-20(15(14)18(23)25)13-9-7-8-12(5-2)16(13)21-19(20)26/h7-9,11,14-15,22H,4-6,10H2,1-3H3,(H,21,26)/t11-,14+,15-,20-/m0/s1. The second-order valence-corrected chi connectivity index (χ2v) is 7.57. The first kappa shape index (κ1) is 17.2. The number of carbonyl (C=O) groups is 3. The Hall–Kier alpha value is -2.21. The fraction of sp³-hybridized carbons (Fsp3) is 0.550. The number of anilines is 1. The van der Waals surface area contributed by atoms with Crippen LogP contribution in [0.5, 0.6) is 0 Å². The van der Waals surface area contributed by atoms with E-state index in [9.17, 15) is 14.4 Å². The molecule has 2 N–H and O–H groups in total. The maximum Gasteiger partial charge on any atom is 0.250 e. The highest BCUT2D eigenvalue weighted by Crippen LogP contribution is 2.53. The van der Waals surface area contributed by atoms with Crippen molar-refractivity contribution < 1.29 is 14.4 Å². The van der Waals surface area contributed by atoms with Gasteiger partial charge in [-0.15, -0.1) is 0 Å². The summed E-state index contributed by atoms with van der Waals surface area (Å²) in [6.07, 6.45) is 2.49. The molecule has 26 heavy (non-hydrogen) atoms. The van der Waals surface area contributed by atoms with Crippen molar-refractivity contribution in [2.75, 3.05) is 11.9 Å². The van der Waals surface area contributed by atoms with Gasteiger partial charge in [-0.25, -0.2) is 0 Å². The van der Waals surface area contributed by atoms with Crippen molar-refractivity contribution >= 4 is 23.4 Å². The van der Waals surface area contributed by atoms with Gasteiger partial charge in [-0.2, -0.15) is 0 Å². The van der Waals surface area contributed by atoms with Crippen LogP contribution >= 0.6 is 0 Å². The highest BCUT2D eigenvalue weighted by Gasteiger charge is 2.69. The molecule has 6 nitrogen and oxygen atoms in total. The highest BCUT2D eigenvalue weighted by atomic mass is 16.2. The fourth-order valence-electron chi connectivity index (χ4n) is 4.94. The number of benzene rings is 1. The quantitative estimate of drug-likeness (QED) is 0.807. The number of carbonyl (C=O) groups excluding carboxylic acids is 3. The van der Waals surface area contributed by atoms with Crippen LogP contribution in [0.4, 0.5) is 5.69 Å². The number of fused-ring (bicyclic) bond motifs is 4. The number of imide groups is 1. The number of aryl methyl sites for hydroxylation is 1. The van der Waals surface area contributed by atoms with Gasteiger partial charge in [0.05, 0.1) is 11.8 Å². The molecular weight excluding hydrogens is 330 g/mol. The third-order valence-electron chi connectivity index (χ3n) is 6.19. The zero-order valence-corrected chi connectivity index (χ0v) is 15.5. The molecule has 0 saturated carbocycles. The lowest BCUT2D eigenvalue weighted by atomic mass is 9.76. The predicted molar refractivity (Wildman–Crippen MR) is 97.3 cm³/mol. The molecule has 2 fully saturated rings. The number of hydrogen-bond donors (Lipinski definition) is 2. The van der Waals surface area contributed by atoms with Gasteiger partial charge in [0.1, 0.15) is 5.54 Å². The highest BCUT2D eigenvalue weighted by molar-refractivity contribution is 6.15. The van der Waals surface area contributed by atoms with Gasteiger partial charge < -0.3 is 5.32 Å². The molecule has 2 saturated heterocycles. The molecule has 0 aliphatic carbocycles. The molecule has 1 aromatic carbocycles. The summed E-state index contributed by atoms with van der Waals surface area (Å²) >= 11 is 0. The summed E-state index contributed by atoms with van der Waals surface area (Å²) in [7, 11) is 0. The van der Waals surface area contributed by atoms with E-state index in [1.165, 1.54) is 4.90 Å². The SMILES string of the molecule is CCCCN1C(=O)[C@@H]2[C@H](C)N[C@]3(C(=O)Nc4c(CC)cccc43)[C@@H]2C1=O. The Labute approximate surface area is 153 Å². The van der Waals surface area contributed by atoms with E-state index >= 15 is 0 Å². The van der Waals surface area contributed by atoms with Crippen LogP contribution in [0.15, 0.2) is 18.2 Å². The van der Waals surface area contributed by atoms with Crippen LogP contribution in [0.25, 0.3) is 0 Å². The van der Waals surface area contributed by atoms with E-state index in [0.29, 0.717) is 6.54 Å². The number of para-hydroxylation sites is 1. The van der Waals surface area contributed by atoms with Gasteiger partial charge >= 0.3 is 0 Å². The number of nitrogens with zero attached hydrogens (tertiary/aromatic N) is 1. The molecule has 0 bridgehead atoms. The van der Waals surface area contributed by atoms with E-state index in [-0.39, 0.29) is 23.8 Å². The van der Waals surface area contributed by atoms with E-state index in [1.807, 2.05) is 39.0 Å². The molecule has 1 spiro atoms. The molecule has 0 radical (unpaired) electrons. The summed E-state index contributed by atoms with van der Waals surface area (Å²) in [5.41, 5.74) is 1.51. The van der Waals surface area contributed by atoms with E-state index in [4.69, 9.17) is 0 Å². The first-order valence-electron chi connectivity index (χ1n) is 9.54. The number of likely N-dealkylation sites (tertiary alicyclic amines) is 1. The van der Waals surface area contributed by atoms with E-state index in [1.54, 1.807) is 0 Å². The normalized spacial score (nSPS) is 32.3. The lowest BCUT2D eigenvalue weighted by Gasteiger charge is -2.29. The number of hydrogen-bond acceptors (Lipinski definition) is 4. The minimum absolute atomic E-state index is 0.141. The zero-order valence-electron chi connectivity index (χ0n) is 15.5. The predicted octanol–water partition coefficient (Wildman–Crippen LogP) is 1.79. The molecule has 3 heterocycles. The number of unbranched alkanes of at least 4 members (excludes halogenated alkanes) is 1. The molecule has 3 aliphatic heterocycles. The van der Waals surface area contributed by atoms with Gasteiger partial charge in [0.15, 0.2) is 0 Å². The van der Waals surface area contributed by atoms with Crippen LogP contribution in [-0.4, -0.2) is 35.2 Å². The largest absolute Gasteiger partial charge is 0.324 e. The van der Waals surface area contributed by atoms with Crippen LogP contribution in [0.1, 0.15) is 44.7 Å². The summed E-state index contributed by atoms with van der Waals surface area (Å²) < 4.78 is 0. The lowest BCUT2D eigenvalue weighted by Crippen LogP contribution is -2.52. The van der Waals surface area contributed by atoms with Crippen molar-refractivity contribution in [1.29, 1.82) is 0 Å². The van der Waals surface area contributed by atoms with Crippen molar-refractivity contribution in [3.8, 4) is 0 Å². The first-order chi connectivity index (χ1) is 12.5. The van der Waals surface area contributed by atoms with Crippen LogP contribution in [0, 0.1) is 11.8 Å². The van der Waals surface area contributed by atoms with Gasteiger partial charge in [0, 0.05) is 23.8 Å². The second-order valence-electron chi connectivity index (χ2n) is 7.57. The summed E-state index contributed by atoms with van der Waals surface area (Å²) in [6.45, 7) is 6.41. The Kier molecular flexibility index (Phi) is 3.91. The fourth-order valence-corrected chi connectivity index (χ4v) is 4.94. The van der Waals surface area contributed by atoms with Crippen LogP contribution in [0.2, 0.25) is 0 Å².